The van der Waals surface area contributed by atoms with Crippen LogP contribution in [0, 0.1) is 6.92 Å². The number of carbonyl (C=O) groups excluding carboxylic acids is 1. The first-order valence-corrected chi connectivity index (χ1v) is 8.54. The Balaban J connectivity index is 1.67. The van der Waals surface area contributed by atoms with E-state index in [1.165, 1.54) is 11.3 Å². The number of thiazole rings is 1. The number of nitrogens with zero attached hydrogens (tertiary/aromatic N) is 1. The van der Waals surface area contributed by atoms with Crippen LogP contribution in [0.3, 0.4) is 0 Å². The molecule has 3 rings (SSSR count). The second-order valence-electron chi connectivity index (χ2n) is 5.11. The van der Waals surface area contributed by atoms with Gasteiger partial charge in [0.1, 0.15) is 5.75 Å². The third-order valence-electron chi connectivity index (χ3n) is 3.23. The van der Waals surface area contributed by atoms with Gasteiger partial charge >= 0.3 is 0 Å². The number of aryl methyl sites for hydroxylation is 1. The summed E-state index contributed by atoms with van der Waals surface area (Å²) in [5, 5.41) is 4.15. The second kappa shape index (κ2) is 6.84. The van der Waals surface area contributed by atoms with Crippen LogP contribution in [-0.4, -0.2) is 17.5 Å². The third kappa shape index (κ3) is 3.72. The zero-order valence-electron chi connectivity index (χ0n) is 12.6. The quantitative estimate of drug-likeness (QED) is 0.696. The van der Waals surface area contributed by atoms with Crippen molar-refractivity contribution in [1.29, 1.82) is 0 Å². The van der Waals surface area contributed by atoms with Gasteiger partial charge in [0, 0.05) is 10.7 Å². The minimum absolute atomic E-state index is 0.162. The summed E-state index contributed by atoms with van der Waals surface area (Å²) >= 11 is 13.4. The first kappa shape index (κ1) is 16.8. The van der Waals surface area contributed by atoms with E-state index in [9.17, 15) is 4.79 Å². The molecule has 0 fully saturated rings. The number of hydrogen-bond acceptors (Lipinski definition) is 5. The molecule has 3 N–H and O–H groups in total. The van der Waals surface area contributed by atoms with Crippen molar-refractivity contribution in [2.45, 2.75) is 6.92 Å². The van der Waals surface area contributed by atoms with E-state index in [-0.39, 0.29) is 12.5 Å². The first-order valence-electron chi connectivity index (χ1n) is 6.97. The normalized spacial score (nSPS) is 10.8. The highest BCUT2D eigenvalue weighted by atomic mass is 35.5. The van der Waals surface area contributed by atoms with Crippen molar-refractivity contribution in [3.8, 4) is 5.75 Å². The Hall–Kier alpha value is -2.02. The number of benzene rings is 2. The predicted molar refractivity (Wildman–Crippen MR) is 99.4 cm³/mol. The van der Waals surface area contributed by atoms with Gasteiger partial charge in [0.2, 0.25) is 0 Å². The van der Waals surface area contributed by atoms with Gasteiger partial charge in [-0.15, -0.1) is 0 Å². The molecule has 3 aromatic rings. The van der Waals surface area contributed by atoms with E-state index < -0.39 is 0 Å². The molecule has 0 saturated carbocycles. The van der Waals surface area contributed by atoms with E-state index in [4.69, 9.17) is 33.7 Å². The van der Waals surface area contributed by atoms with Crippen molar-refractivity contribution in [2.24, 2.45) is 0 Å². The predicted octanol–water partition coefficient (Wildman–Crippen LogP) is 4.51. The zero-order valence-corrected chi connectivity index (χ0v) is 14.9. The molecular weight excluding hydrogens is 369 g/mol. The molecule has 1 heterocycles. The monoisotopic (exact) mass is 381 g/mol. The van der Waals surface area contributed by atoms with Crippen LogP contribution >= 0.6 is 34.5 Å². The van der Waals surface area contributed by atoms with Crippen LogP contribution in [0.1, 0.15) is 5.56 Å². The molecule has 2 aromatic carbocycles. The third-order valence-corrected chi connectivity index (χ3v) is 4.58. The lowest BCUT2D eigenvalue weighted by atomic mass is 10.2. The van der Waals surface area contributed by atoms with Crippen molar-refractivity contribution < 1.29 is 9.53 Å². The molecule has 0 saturated heterocycles. The van der Waals surface area contributed by atoms with Crippen molar-refractivity contribution in [1.82, 2.24) is 4.98 Å². The lowest BCUT2D eigenvalue weighted by Crippen LogP contribution is -2.20. The maximum absolute atomic E-state index is 12.1. The van der Waals surface area contributed by atoms with Crippen LogP contribution < -0.4 is 15.8 Å². The highest BCUT2D eigenvalue weighted by Crippen LogP contribution is 2.32. The van der Waals surface area contributed by atoms with Crippen LogP contribution in [0.15, 0.2) is 30.3 Å². The number of rotatable bonds is 4. The fraction of sp³-hybridized carbons (Fsp3) is 0.125. The highest BCUT2D eigenvalue weighted by molar-refractivity contribution is 7.22. The van der Waals surface area contributed by atoms with Gasteiger partial charge in [0.15, 0.2) is 11.7 Å². The molecule has 124 valence electrons. The smallest absolute Gasteiger partial charge is 0.262 e. The molecule has 0 aliphatic rings. The van der Waals surface area contributed by atoms with Crippen LogP contribution in [0.2, 0.25) is 10.0 Å². The molecule has 0 aliphatic heterocycles. The number of carbonyl (C=O) groups is 1. The van der Waals surface area contributed by atoms with Crippen LogP contribution in [0.4, 0.5) is 10.8 Å². The minimum Gasteiger partial charge on any atom is -0.482 e. The number of nitrogen functional groups attached to an aromatic ring is 1. The maximum atomic E-state index is 12.1. The molecule has 0 atom stereocenters. The lowest BCUT2D eigenvalue weighted by Gasteiger charge is -2.11. The Morgan fingerprint density at radius 2 is 2.12 bits per heavy atom. The Morgan fingerprint density at radius 1 is 1.33 bits per heavy atom. The van der Waals surface area contributed by atoms with E-state index in [1.807, 2.05) is 13.0 Å². The molecule has 0 unspecified atom stereocenters. The van der Waals surface area contributed by atoms with Gasteiger partial charge in [-0.05, 0) is 42.8 Å². The fourth-order valence-electron chi connectivity index (χ4n) is 2.23. The summed E-state index contributed by atoms with van der Waals surface area (Å²) in [5.74, 6) is 0.152. The summed E-state index contributed by atoms with van der Waals surface area (Å²) < 4.78 is 6.42. The van der Waals surface area contributed by atoms with Crippen molar-refractivity contribution in [2.75, 3.05) is 17.7 Å². The molecule has 0 bridgehead atoms. The number of aromatic nitrogens is 1. The van der Waals surface area contributed by atoms with E-state index in [0.29, 0.717) is 26.6 Å². The van der Waals surface area contributed by atoms with E-state index >= 15 is 0 Å². The molecule has 0 aliphatic carbocycles. The van der Waals surface area contributed by atoms with E-state index in [2.05, 4.69) is 10.3 Å². The number of fused-ring (bicyclic) bond motifs is 1. The van der Waals surface area contributed by atoms with E-state index in [1.54, 1.807) is 24.3 Å². The highest BCUT2D eigenvalue weighted by Gasteiger charge is 2.11. The number of halogens is 2. The summed E-state index contributed by atoms with van der Waals surface area (Å²) in [6, 6.07) is 8.69. The molecule has 24 heavy (non-hydrogen) atoms. The summed E-state index contributed by atoms with van der Waals surface area (Å²) in [6.07, 6.45) is 0. The number of anilines is 2. The Bertz CT molecular complexity index is 904. The van der Waals surface area contributed by atoms with Crippen LogP contribution in [0.25, 0.3) is 10.2 Å². The number of hydrogen-bond donors (Lipinski definition) is 2. The average Bonchev–Trinajstić information content (AvgIpc) is 2.85. The summed E-state index contributed by atoms with van der Waals surface area (Å²) in [7, 11) is 0. The van der Waals surface area contributed by atoms with E-state index in [0.717, 1.165) is 15.8 Å². The molecular formula is C16H13Cl2N3O2S. The first-order chi connectivity index (χ1) is 11.4. The summed E-state index contributed by atoms with van der Waals surface area (Å²) in [6.45, 7) is 1.65. The topological polar surface area (TPSA) is 77.2 Å². The van der Waals surface area contributed by atoms with Gasteiger partial charge < -0.3 is 15.8 Å². The molecule has 1 amide bonds. The largest absolute Gasteiger partial charge is 0.482 e. The maximum Gasteiger partial charge on any atom is 0.262 e. The van der Waals surface area contributed by atoms with Crippen molar-refractivity contribution in [3.05, 3.63) is 45.9 Å². The Labute approximate surface area is 152 Å². The number of ether oxygens (including phenoxy) is 1. The number of nitrogens with one attached hydrogen (secondary N) is 1. The van der Waals surface area contributed by atoms with Crippen molar-refractivity contribution in [3.63, 3.8) is 0 Å². The second-order valence-corrected chi connectivity index (χ2v) is 7.01. The Morgan fingerprint density at radius 3 is 2.88 bits per heavy atom. The summed E-state index contributed by atoms with van der Waals surface area (Å²) in [4.78, 5) is 16.2. The summed E-state index contributed by atoms with van der Waals surface area (Å²) in [5.41, 5.74) is 7.89. The Kier molecular flexibility index (Phi) is 4.80. The molecule has 5 nitrogen and oxygen atoms in total. The minimum atomic E-state index is -0.294. The van der Waals surface area contributed by atoms with Crippen molar-refractivity contribution >= 4 is 61.5 Å². The van der Waals surface area contributed by atoms with Crippen LogP contribution in [-0.2, 0) is 4.79 Å². The molecule has 1 aromatic heterocycles. The fourth-order valence-corrected chi connectivity index (χ4v) is 3.65. The molecule has 0 radical (unpaired) electrons. The number of nitrogens with two attached hydrogens (primary N) is 1. The standard InChI is InChI=1S/C16H13Cl2N3O2S/c1-8-4-9(17)5-11(18)15(8)23-7-14(22)20-10-2-3-12-13(6-10)24-16(19)21-12/h2-6H,7H2,1H3,(H2,19,21)(H,20,22). The lowest BCUT2D eigenvalue weighted by molar-refractivity contribution is -0.118. The molecule has 0 spiro atoms. The van der Waals surface area contributed by atoms with Crippen LogP contribution in [0.5, 0.6) is 5.75 Å². The average molecular weight is 382 g/mol. The van der Waals surface area contributed by atoms with Gasteiger partial charge in [-0.3, -0.25) is 4.79 Å². The SMILES string of the molecule is Cc1cc(Cl)cc(Cl)c1OCC(=O)Nc1ccc2nc(N)sc2c1. The molecule has 8 heteroatoms. The van der Waals surface area contributed by atoms with Gasteiger partial charge in [0.05, 0.1) is 15.2 Å². The zero-order chi connectivity index (χ0) is 17.3. The van der Waals surface area contributed by atoms with Gasteiger partial charge in [0.25, 0.3) is 5.91 Å². The number of amides is 1. The van der Waals surface area contributed by atoms with Gasteiger partial charge in [-0.2, -0.15) is 0 Å². The van der Waals surface area contributed by atoms with Gasteiger partial charge in [-0.1, -0.05) is 34.5 Å². The van der Waals surface area contributed by atoms with Gasteiger partial charge in [-0.25, -0.2) is 4.98 Å².